The maximum absolute atomic E-state index is 14.4. The Morgan fingerprint density at radius 2 is 1.56 bits per heavy atom. The molecule has 7 rings (SSSR count). The van der Waals surface area contributed by atoms with Gasteiger partial charge in [0.15, 0.2) is 24.2 Å². The smallest absolute Gasteiger partial charge is 0.493 e. The van der Waals surface area contributed by atoms with Crippen molar-refractivity contribution in [3.8, 4) is 11.5 Å². The van der Waals surface area contributed by atoms with Gasteiger partial charge in [-0.1, -0.05) is 81.2 Å². The Hall–Kier alpha value is -6.34. The number of nitrogens with zero attached hydrogens (tertiary/aromatic N) is 5. The highest BCUT2D eigenvalue weighted by atomic mass is 32.2. The van der Waals surface area contributed by atoms with Crippen LogP contribution in [0.15, 0.2) is 132 Å². The Morgan fingerprint density at radius 1 is 0.923 bits per heavy atom. The van der Waals surface area contributed by atoms with E-state index in [0.29, 0.717) is 10.9 Å². The second-order valence-electron chi connectivity index (χ2n) is 12.2. The molecule has 0 bridgehead atoms. The van der Waals surface area contributed by atoms with Gasteiger partial charge in [0.25, 0.3) is 5.91 Å². The van der Waals surface area contributed by atoms with Crippen molar-refractivity contribution in [2.24, 2.45) is 4.40 Å². The number of carbonyl (C=O) groups excluding carboxylic acids is 1. The van der Waals surface area contributed by atoms with E-state index in [-0.39, 0.29) is 41.2 Å². The van der Waals surface area contributed by atoms with E-state index in [1.54, 1.807) is 55.4 Å². The highest BCUT2D eigenvalue weighted by Gasteiger charge is 2.36. The molecule has 52 heavy (non-hydrogen) atoms. The topological polar surface area (TPSA) is 128 Å². The summed E-state index contributed by atoms with van der Waals surface area (Å²) in [6, 6.07) is 31.2. The van der Waals surface area contributed by atoms with Crippen molar-refractivity contribution < 1.29 is 36.2 Å². The van der Waals surface area contributed by atoms with Gasteiger partial charge in [0.1, 0.15) is 17.4 Å². The number of pyridine rings is 2. The van der Waals surface area contributed by atoms with Crippen molar-refractivity contribution in [2.45, 2.75) is 19.2 Å². The van der Waals surface area contributed by atoms with Crippen molar-refractivity contribution in [1.82, 2.24) is 9.88 Å². The van der Waals surface area contributed by atoms with E-state index in [9.17, 15) is 22.7 Å². The maximum Gasteiger partial charge on any atom is 0.493 e. The molecular weight excluding hydrogens is 686 g/mol. The number of anilines is 1. The fourth-order valence-corrected chi connectivity index (χ4v) is 6.82. The van der Waals surface area contributed by atoms with E-state index in [0.717, 1.165) is 20.8 Å². The summed E-state index contributed by atoms with van der Waals surface area (Å²) in [6.07, 6.45) is 1.98. The molecule has 0 spiro atoms. The summed E-state index contributed by atoms with van der Waals surface area (Å²) >= 11 is 0. The first-order valence-electron chi connectivity index (χ1n) is 16.2. The van der Waals surface area contributed by atoms with Crippen LogP contribution < -0.4 is 23.5 Å². The van der Waals surface area contributed by atoms with Crippen LogP contribution >= 0.6 is 0 Å². The molecule has 0 N–H and O–H groups in total. The predicted octanol–water partition coefficient (Wildman–Crippen LogP) is 4.94. The van der Waals surface area contributed by atoms with Crippen LogP contribution in [0.1, 0.15) is 38.7 Å². The normalized spacial score (nSPS) is 13.0. The first-order valence-corrected chi connectivity index (χ1v) is 17.6. The molecule has 0 saturated heterocycles. The fourth-order valence-electron chi connectivity index (χ4n) is 6.07. The summed E-state index contributed by atoms with van der Waals surface area (Å²) < 4.78 is 56.8. The van der Waals surface area contributed by atoms with Crippen LogP contribution in [0.5, 0.6) is 11.5 Å². The molecule has 4 aromatic carbocycles. The van der Waals surface area contributed by atoms with Crippen LogP contribution in [0.25, 0.3) is 10.9 Å². The molecule has 6 aromatic rings. The third-order valence-corrected chi connectivity index (χ3v) is 9.75. The zero-order valence-corrected chi connectivity index (χ0v) is 28.9. The third-order valence-electron chi connectivity index (χ3n) is 8.59. The Balaban J connectivity index is 1.36. The molecule has 0 aliphatic carbocycles. The minimum atomic E-state index is -4.54. The number of ether oxygens (including phenoxy) is 2. The Kier molecular flexibility index (Phi) is 9.26. The molecule has 0 unspecified atom stereocenters. The highest BCUT2D eigenvalue weighted by molar-refractivity contribution is 7.83. The van der Waals surface area contributed by atoms with E-state index in [1.807, 2.05) is 60.7 Å². The molecule has 13 heteroatoms. The lowest BCUT2D eigenvalue weighted by Crippen LogP contribution is -2.42. The molecule has 0 radical (unpaired) electrons. The highest BCUT2D eigenvalue weighted by Crippen LogP contribution is 2.46. The average molecular weight is 718 g/mol. The van der Waals surface area contributed by atoms with Crippen molar-refractivity contribution in [1.29, 1.82) is 0 Å². The van der Waals surface area contributed by atoms with Gasteiger partial charge in [0, 0.05) is 67.9 Å². The lowest BCUT2D eigenvalue weighted by atomic mass is 9.99. The van der Waals surface area contributed by atoms with Crippen LogP contribution in [0.3, 0.4) is 0 Å². The van der Waals surface area contributed by atoms with Crippen molar-refractivity contribution in [3.05, 3.63) is 161 Å². The van der Waals surface area contributed by atoms with E-state index in [4.69, 9.17) is 9.47 Å². The number of benzene rings is 4. The Morgan fingerprint density at radius 3 is 2.17 bits per heavy atom. The predicted molar refractivity (Wildman–Crippen MR) is 190 cm³/mol. The molecule has 2 aromatic heterocycles. The Bertz CT molecular complexity index is 2350. The van der Waals surface area contributed by atoms with Crippen LogP contribution in [-0.2, 0) is 23.3 Å². The number of aromatic nitrogens is 2. The standard InChI is InChI=1S/C39H32FN5O6S/c1-43(2)30-19-22-45(23-20-30)52(48,49)42-39(47)51-36-31-14-9-21-41-34(31)37(50-35(27-10-5-3-6-11-27)28-12-7-4-8-13-28)33-32(36)25-44(38(33)46)24-26-15-17-29(40)18-16-26/h3-23,35H,24-25H2,1-2H3. The summed E-state index contributed by atoms with van der Waals surface area (Å²) in [5.41, 5.74) is 3.63. The zero-order chi connectivity index (χ0) is 36.4. The first-order chi connectivity index (χ1) is 25.1. The molecule has 1 amide bonds. The molecule has 0 fully saturated rings. The van der Waals surface area contributed by atoms with E-state index < -0.39 is 34.1 Å². The molecule has 1 aliphatic heterocycles. The quantitative estimate of drug-likeness (QED) is 0.111. The number of amides is 1. The number of carbonyl (C=O) groups is 1. The van der Waals surface area contributed by atoms with Gasteiger partial charge in [0.2, 0.25) is 0 Å². The molecule has 0 saturated carbocycles. The zero-order valence-electron chi connectivity index (χ0n) is 28.1. The third kappa shape index (κ3) is 6.86. The number of hydrogen-bond donors (Lipinski definition) is 0. The van der Waals surface area contributed by atoms with E-state index >= 15 is 0 Å². The van der Waals surface area contributed by atoms with Gasteiger partial charge < -0.3 is 24.4 Å². The molecule has 0 atom stereocenters. The number of halogens is 1. The van der Waals surface area contributed by atoms with Crippen molar-refractivity contribution in [3.63, 3.8) is 0 Å². The minimum Gasteiger partial charge on any atom is -0.564 e. The van der Waals surface area contributed by atoms with Gasteiger partial charge in [-0.05, 0) is 41.0 Å². The molecule has 3 heterocycles. The second-order valence-corrected chi connectivity index (χ2v) is 13.7. The summed E-state index contributed by atoms with van der Waals surface area (Å²) in [5, 5.41) is 13.7. The van der Waals surface area contributed by atoms with E-state index in [2.05, 4.69) is 9.38 Å². The summed E-state index contributed by atoms with van der Waals surface area (Å²) in [5.74, 6) is -0.774. The van der Waals surface area contributed by atoms with Gasteiger partial charge in [-0.15, -0.1) is 8.42 Å². The van der Waals surface area contributed by atoms with Crippen LogP contribution in [0.4, 0.5) is 10.1 Å². The van der Waals surface area contributed by atoms with Crippen LogP contribution in [0.2, 0.25) is 0 Å². The fraction of sp³-hybridized carbons (Fsp3) is 0.128. The molecule has 1 aliphatic rings. The Labute approximate surface area is 299 Å². The SMILES string of the molecule is CN(C)c1cc[n+](S(=O)(=O)/N=C(\[O-])Oc2c3c(c(OC(c4ccccc4)c4ccccc4)c4ncccc24)C(=O)N(Cc2ccc(F)cc2)C3)cc1. The van der Waals surface area contributed by atoms with Crippen molar-refractivity contribution in [2.75, 3.05) is 19.0 Å². The van der Waals surface area contributed by atoms with Gasteiger partial charge in [0.05, 0.1) is 5.56 Å². The lowest BCUT2D eigenvalue weighted by Gasteiger charge is -2.25. The maximum atomic E-state index is 14.4. The minimum absolute atomic E-state index is 0.0375. The van der Waals surface area contributed by atoms with Crippen molar-refractivity contribution >= 4 is 38.8 Å². The molecule has 11 nitrogen and oxygen atoms in total. The van der Waals surface area contributed by atoms with Crippen LogP contribution in [-0.4, -0.2) is 44.4 Å². The summed E-state index contributed by atoms with van der Waals surface area (Å²) in [7, 11) is -0.931. The van der Waals surface area contributed by atoms with Gasteiger partial charge in [-0.3, -0.25) is 9.78 Å². The number of hydrogen-bond acceptors (Lipinski definition) is 8. The molecule has 262 valence electrons. The molecular formula is C39H32FN5O6S. The van der Waals surface area contributed by atoms with Gasteiger partial charge in [-0.2, -0.15) is 0 Å². The summed E-state index contributed by atoms with van der Waals surface area (Å²) in [4.78, 5) is 22.3. The lowest BCUT2D eigenvalue weighted by molar-refractivity contribution is -0.511. The largest absolute Gasteiger partial charge is 0.564 e. The van der Waals surface area contributed by atoms with Crippen LogP contribution in [0, 0.1) is 5.82 Å². The van der Waals surface area contributed by atoms with Gasteiger partial charge in [-0.25, -0.2) is 4.39 Å². The van der Waals surface area contributed by atoms with E-state index in [1.165, 1.54) is 35.6 Å². The second kappa shape index (κ2) is 14.1. The monoisotopic (exact) mass is 717 g/mol. The number of rotatable bonds is 10. The first kappa shape index (κ1) is 34.1. The number of fused-ring (bicyclic) bond motifs is 2. The average Bonchev–Trinajstić information content (AvgIpc) is 3.47. The summed E-state index contributed by atoms with van der Waals surface area (Å²) in [6.45, 7) is 0.0632. The van der Waals surface area contributed by atoms with Gasteiger partial charge >= 0.3 is 10.2 Å².